The van der Waals surface area contributed by atoms with Crippen molar-refractivity contribution in [3.63, 3.8) is 0 Å². The minimum absolute atomic E-state index is 0.167. The van der Waals surface area contributed by atoms with E-state index in [0.29, 0.717) is 6.54 Å². The fourth-order valence-corrected chi connectivity index (χ4v) is 3.10. The molecule has 0 aliphatic rings. The van der Waals surface area contributed by atoms with E-state index in [9.17, 15) is 4.79 Å². The quantitative estimate of drug-likeness (QED) is 0.850. The Morgan fingerprint density at radius 1 is 1.14 bits per heavy atom. The van der Waals surface area contributed by atoms with E-state index in [2.05, 4.69) is 28.9 Å². The second kappa shape index (κ2) is 7.96. The molecule has 1 aromatic heterocycles. The molecular weight excluding hydrogens is 280 g/mol. The van der Waals surface area contributed by atoms with Crippen LogP contribution in [-0.2, 0) is 11.3 Å². The van der Waals surface area contributed by atoms with Crippen molar-refractivity contribution in [3.8, 4) is 11.1 Å². The highest BCUT2D eigenvalue weighted by molar-refractivity contribution is 7.10. The molecule has 0 radical (unpaired) electrons. The maximum atomic E-state index is 11.9. The van der Waals surface area contributed by atoms with Crippen molar-refractivity contribution in [2.45, 2.75) is 20.4 Å². The van der Waals surface area contributed by atoms with Crippen LogP contribution >= 0.6 is 11.3 Å². The van der Waals surface area contributed by atoms with Crippen molar-refractivity contribution in [3.05, 3.63) is 46.7 Å². The van der Waals surface area contributed by atoms with Crippen molar-refractivity contribution in [1.29, 1.82) is 0 Å². The maximum Gasteiger partial charge on any atom is 0.236 e. The van der Waals surface area contributed by atoms with E-state index in [0.717, 1.165) is 19.6 Å². The summed E-state index contributed by atoms with van der Waals surface area (Å²) in [5.74, 6) is 0.167. The highest BCUT2D eigenvalue weighted by atomic mass is 32.1. The summed E-state index contributed by atoms with van der Waals surface area (Å²) in [6.07, 6.45) is 0. The molecule has 1 amide bonds. The molecule has 2 rings (SSSR count). The first kappa shape index (κ1) is 15.7. The molecule has 0 fully saturated rings. The number of benzene rings is 1. The Morgan fingerprint density at radius 2 is 1.86 bits per heavy atom. The fraction of sp³-hybridized carbons (Fsp3) is 0.353. The number of nitrogens with one attached hydrogen (secondary N) is 1. The Balaban J connectivity index is 1.85. The summed E-state index contributed by atoms with van der Waals surface area (Å²) < 4.78 is 0. The lowest BCUT2D eigenvalue weighted by atomic mass is 10.1. The lowest BCUT2D eigenvalue weighted by Gasteiger charge is -2.18. The lowest BCUT2D eigenvalue weighted by Crippen LogP contribution is -2.37. The largest absolute Gasteiger partial charge is 0.342 e. The van der Waals surface area contributed by atoms with Gasteiger partial charge in [0.25, 0.3) is 0 Å². The Bertz CT molecular complexity index is 561. The normalized spacial score (nSPS) is 10.6. The first-order valence-corrected chi connectivity index (χ1v) is 8.23. The highest BCUT2D eigenvalue weighted by Gasteiger charge is 2.09. The average Bonchev–Trinajstić information content (AvgIpc) is 2.98. The van der Waals surface area contributed by atoms with Crippen LogP contribution in [0.15, 0.2) is 41.8 Å². The van der Waals surface area contributed by atoms with Crippen LogP contribution in [0.4, 0.5) is 0 Å². The molecule has 4 heteroatoms. The van der Waals surface area contributed by atoms with Crippen molar-refractivity contribution in [2.24, 2.45) is 0 Å². The van der Waals surface area contributed by atoms with E-state index >= 15 is 0 Å². The van der Waals surface area contributed by atoms with Gasteiger partial charge in [-0.15, -0.1) is 11.3 Å². The van der Waals surface area contributed by atoms with Gasteiger partial charge in [0, 0.05) is 24.5 Å². The van der Waals surface area contributed by atoms with Gasteiger partial charge in [-0.2, -0.15) is 0 Å². The number of hydrogen-bond donors (Lipinski definition) is 1. The second-order valence-corrected chi connectivity index (χ2v) is 5.83. The van der Waals surface area contributed by atoms with E-state index in [1.165, 1.54) is 16.0 Å². The van der Waals surface area contributed by atoms with Gasteiger partial charge < -0.3 is 10.2 Å². The van der Waals surface area contributed by atoms with Gasteiger partial charge in [-0.25, -0.2) is 0 Å². The summed E-state index contributed by atoms with van der Waals surface area (Å²) in [6.45, 7) is 6.70. The molecule has 0 atom stereocenters. The van der Waals surface area contributed by atoms with E-state index in [1.54, 1.807) is 11.3 Å². The third-order valence-corrected chi connectivity index (χ3v) is 4.39. The molecule has 2 aromatic rings. The Kier molecular flexibility index (Phi) is 5.96. The van der Waals surface area contributed by atoms with Gasteiger partial charge in [0.1, 0.15) is 0 Å². The number of amides is 1. The van der Waals surface area contributed by atoms with Crippen molar-refractivity contribution in [2.75, 3.05) is 19.6 Å². The minimum atomic E-state index is 0.167. The van der Waals surface area contributed by atoms with Crippen LogP contribution < -0.4 is 5.32 Å². The number of thiophene rings is 1. The van der Waals surface area contributed by atoms with E-state index in [4.69, 9.17) is 0 Å². The molecular formula is C17H22N2OS. The predicted molar refractivity (Wildman–Crippen MR) is 89.4 cm³/mol. The summed E-state index contributed by atoms with van der Waals surface area (Å²) in [4.78, 5) is 15.0. The predicted octanol–water partition coefficient (Wildman–Crippen LogP) is 3.37. The summed E-state index contributed by atoms with van der Waals surface area (Å²) in [6, 6.07) is 12.5. The molecule has 1 N–H and O–H groups in total. The van der Waals surface area contributed by atoms with Crippen molar-refractivity contribution in [1.82, 2.24) is 10.2 Å². The Labute approximate surface area is 130 Å². The summed E-state index contributed by atoms with van der Waals surface area (Å²) in [7, 11) is 0. The topological polar surface area (TPSA) is 32.3 Å². The standard InChI is InChI=1S/C17H22N2OS/c1-3-19(4-2)17(20)12-18-11-16-10-15(13-21-16)14-8-6-5-7-9-14/h5-10,13,18H,3-4,11-12H2,1-2H3. The van der Waals surface area contributed by atoms with Crippen LogP contribution in [0, 0.1) is 0 Å². The number of likely N-dealkylation sites (N-methyl/N-ethyl adjacent to an activating group) is 1. The molecule has 0 unspecified atom stereocenters. The molecule has 3 nitrogen and oxygen atoms in total. The highest BCUT2D eigenvalue weighted by Crippen LogP contribution is 2.25. The van der Waals surface area contributed by atoms with Crippen LogP contribution in [0.2, 0.25) is 0 Å². The summed E-state index contributed by atoms with van der Waals surface area (Å²) in [5.41, 5.74) is 2.48. The third kappa shape index (κ3) is 4.41. The number of hydrogen-bond acceptors (Lipinski definition) is 3. The number of carbonyl (C=O) groups excluding carboxylic acids is 1. The molecule has 0 aliphatic carbocycles. The monoisotopic (exact) mass is 302 g/mol. The van der Waals surface area contributed by atoms with E-state index in [1.807, 2.05) is 36.9 Å². The third-order valence-electron chi connectivity index (χ3n) is 3.45. The zero-order valence-electron chi connectivity index (χ0n) is 12.6. The SMILES string of the molecule is CCN(CC)C(=O)CNCc1cc(-c2ccccc2)cs1. The number of nitrogens with zero attached hydrogens (tertiary/aromatic N) is 1. The molecule has 1 aromatic carbocycles. The molecule has 0 aliphatic heterocycles. The Hall–Kier alpha value is -1.65. The van der Waals surface area contributed by atoms with Crippen LogP contribution in [0.1, 0.15) is 18.7 Å². The van der Waals surface area contributed by atoms with Crippen LogP contribution in [0.3, 0.4) is 0 Å². The number of rotatable bonds is 7. The first-order chi connectivity index (χ1) is 10.2. The number of carbonyl (C=O) groups is 1. The fourth-order valence-electron chi connectivity index (χ4n) is 2.24. The van der Waals surface area contributed by atoms with Gasteiger partial charge >= 0.3 is 0 Å². The molecule has 1 heterocycles. The molecule has 0 saturated heterocycles. The van der Waals surface area contributed by atoms with Crippen LogP contribution in [0.25, 0.3) is 11.1 Å². The van der Waals surface area contributed by atoms with Gasteiger partial charge in [-0.3, -0.25) is 4.79 Å². The molecule has 0 spiro atoms. The molecule has 0 bridgehead atoms. The van der Waals surface area contributed by atoms with Gasteiger partial charge in [-0.05, 0) is 36.4 Å². The average molecular weight is 302 g/mol. The van der Waals surface area contributed by atoms with Gasteiger partial charge in [0.2, 0.25) is 5.91 Å². The van der Waals surface area contributed by atoms with E-state index in [-0.39, 0.29) is 5.91 Å². The Morgan fingerprint density at radius 3 is 2.52 bits per heavy atom. The molecule has 0 saturated carbocycles. The summed E-state index contributed by atoms with van der Waals surface area (Å²) >= 11 is 1.73. The van der Waals surface area contributed by atoms with Gasteiger partial charge in [-0.1, -0.05) is 30.3 Å². The molecule has 112 valence electrons. The van der Waals surface area contributed by atoms with Crippen molar-refractivity contribution < 1.29 is 4.79 Å². The van der Waals surface area contributed by atoms with Gasteiger partial charge in [0.15, 0.2) is 0 Å². The van der Waals surface area contributed by atoms with Crippen LogP contribution in [0.5, 0.6) is 0 Å². The smallest absolute Gasteiger partial charge is 0.236 e. The van der Waals surface area contributed by atoms with Gasteiger partial charge in [0.05, 0.1) is 6.54 Å². The zero-order valence-corrected chi connectivity index (χ0v) is 13.5. The second-order valence-electron chi connectivity index (χ2n) is 4.84. The first-order valence-electron chi connectivity index (χ1n) is 7.36. The minimum Gasteiger partial charge on any atom is -0.342 e. The van der Waals surface area contributed by atoms with E-state index < -0.39 is 0 Å². The molecule has 21 heavy (non-hydrogen) atoms. The lowest BCUT2D eigenvalue weighted by molar-refractivity contribution is -0.129. The summed E-state index contributed by atoms with van der Waals surface area (Å²) in [5, 5.41) is 5.40. The van der Waals surface area contributed by atoms with Crippen LogP contribution in [-0.4, -0.2) is 30.4 Å². The van der Waals surface area contributed by atoms with Crippen molar-refractivity contribution >= 4 is 17.2 Å². The maximum absolute atomic E-state index is 11.9. The zero-order chi connectivity index (χ0) is 15.1.